The molecule has 156 valence electrons. The summed E-state index contributed by atoms with van der Waals surface area (Å²) < 4.78 is 1.23. The standard InChI is InChI=1S/C24H23N5O2/c1-3-17-9-11-19(12-10-17)28(4-2)22(30)15-29-24(31)21-8-6-5-7-20(21)23(27-29)18-13-25-16-26-14-18/h5-14,16H,3-4,15H2,1-2H3. The van der Waals surface area contributed by atoms with Gasteiger partial charge in [-0.05, 0) is 37.1 Å². The van der Waals surface area contributed by atoms with E-state index in [4.69, 9.17) is 0 Å². The molecule has 31 heavy (non-hydrogen) atoms. The molecule has 0 bridgehead atoms. The number of hydrogen-bond acceptors (Lipinski definition) is 5. The van der Waals surface area contributed by atoms with E-state index in [1.165, 1.54) is 16.6 Å². The molecule has 0 fully saturated rings. The van der Waals surface area contributed by atoms with Crippen LogP contribution in [-0.2, 0) is 17.8 Å². The summed E-state index contributed by atoms with van der Waals surface area (Å²) in [5.74, 6) is -0.202. The molecule has 0 spiro atoms. The minimum absolute atomic E-state index is 0.159. The number of amides is 1. The molecule has 1 amide bonds. The van der Waals surface area contributed by atoms with E-state index in [0.29, 0.717) is 28.6 Å². The lowest BCUT2D eigenvalue weighted by atomic mass is 10.1. The Labute approximate surface area is 180 Å². The number of rotatable bonds is 6. The first kappa shape index (κ1) is 20.4. The fourth-order valence-electron chi connectivity index (χ4n) is 3.60. The largest absolute Gasteiger partial charge is 0.311 e. The Morgan fingerprint density at radius 1 is 0.968 bits per heavy atom. The summed E-state index contributed by atoms with van der Waals surface area (Å²) in [5, 5.41) is 5.73. The fraction of sp³-hybridized carbons (Fsp3) is 0.208. The summed E-state index contributed by atoms with van der Waals surface area (Å²) in [6.07, 6.45) is 5.66. The lowest BCUT2D eigenvalue weighted by Crippen LogP contribution is -2.37. The second-order valence-electron chi connectivity index (χ2n) is 7.14. The number of carbonyl (C=O) groups excluding carboxylic acids is 1. The molecule has 2 heterocycles. The normalized spacial score (nSPS) is 10.9. The minimum atomic E-state index is -0.304. The summed E-state index contributed by atoms with van der Waals surface area (Å²) in [5.41, 5.74) is 2.95. The van der Waals surface area contributed by atoms with Crippen molar-refractivity contribution in [3.63, 3.8) is 0 Å². The van der Waals surface area contributed by atoms with Crippen LogP contribution in [-0.4, -0.2) is 32.2 Å². The van der Waals surface area contributed by atoms with Crippen LogP contribution in [0.5, 0.6) is 0 Å². The second kappa shape index (κ2) is 8.87. The van der Waals surface area contributed by atoms with Gasteiger partial charge in [-0.2, -0.15) is 5.10 Å². The molecule has 0 saturated heterocycles. The Hall–Kier alpha value is -3.87. The zero-order valence-corrected chi connectivity index (χ0v) is 17.5. The highest BCUT2D eigenvalue weighted by atomic mass is 16.2. The lowest BCUT2D eigenvalue weighted by Gasteiger charge is -2.22. The molecular weight excluding hydrogens is 390 g/mol. The van der Waals surface area contributed by atoms with Gasteiger partial charge in [0, 0.05) is 35.6 Å². The molecule has 0 unspecified atom stereocenters. The van der Waals surface area contributed by atoms with Crippen LogP contribution in [0.3, 0.4) is 0 Å². The van der Waals surface area contributed by atoms with Crippen LogP contribution in [0.25, 0.3) is 22.0 Å². The molecule has 4 rings (SSSR count). The monoisotopic (exact) mass is 413 g/mol. The number of anilines is 1. The van der Waals surface area contributed by atoms with Gasteiger partial charge in [0.25, 0.3) is 5.56 Å². The number of benzene rings is 2. The highest BCUT2D eigenvalue weighted by Gasteiger charge is 2.18. The zero-order chi connectivity index (χ0) is 21.8. The lowest BCUT2D eigenvalue weighted by molar-refractivity contribution is -0.119. The molecule has 0 aliphatic rings. The first-order valence-electron chi connectivity index (χ1n) is 10.3. The van der Waals surface area contributed by atoms with Crippen molar-refractivity contribution in [2.45, 2.75) is 26.8 Å². The number of aromatic nitrogens is 4. The van der Waals surface area contributed by atoms with Crippen LogP contribution in [0.4, 0.5) is 5.69 Å². The molecule has 0 N–H and O–H groups in total. The summed E-state index contributed by atoms with van der Waals surface area (Å²) in [6, 6.07) is 15.1. The molecule has 7 nitrogen and oxygen atoms in total. The maximum Gasteiger partial charge on any atom is 0.275 e. The molecule has 0 aliphatic heterocycles. The highest BCUT2D eigenvalue weighted by Crippen LogP contribution is 2.23. The maximum absolute atomic E-state index is 13.1. The second-order valence-corrected chi connectivity index (χ2v) is 7.14. The van der Waals surface area contributed by atoms with E-state index in [-0.39, 0.29) is 18.0 Å². The first-order chi connectivity index (χ1) is 15.1. The number of likely N-dealkylation sites (N-methyl/N-ethyl adjacent to an activating group) is 1. The molecule has 0 radical (unpaired) electrons. The first-order valence-corrected chi connectivity index (χ1v) is 10.3. The van der Waals surface area contributed by atoms with E-state index in [2.05, 4.69) is 22.0 Å². The molecular formula is C24H23N5O2. The summed E-state index contributed by atoms with van der Waals surface area (Å²) >= 11 is 0. The van der Waals surface area contributed by atoms with Crippen molar-refractivity contribution in [1.82, 2.24) is 19.7 Å². The van der Waals surface area contributed by atoms with Crippen molar-refractivity contribution >= 4 is 22.4 Å². The van der Waals surface area contributed by atoms with Crippen LogP contribution in [0.15, 0.2) is 72.0 Å². The van der Waals surface area contributed by atoms with E-state index in [1.54, 1.807) is 29.4 Å². The Morgan fingerprint density at radius 2 is 1.65 bits per heavy atom. The van der Waals surface area contributed by atoms with Gasteiger partial charge in [-0.15, -0.1) is 0 Å². The third-order valence-electron chi connectivity index (χ3n) is 5.26. The van der Waals surface area contributed by atoms with Crippen LogP contribution in [0.2, 0.25) is 0 Å². The average Bonchev–Trinajstić information content (AvgIpc) is 2.82. The van der Waals surface area contributed by atoms with Crippen molar-refractivity contribution in [3.05, 3.63) is 83.2 Å². The van der Waals surface area contributed by atoms with E-state index < -0.39 is 0 Å². The van der Waals surface area contributed by atoms with Crippen molar-refractivity contribution in [3.8, 4) is 11.3 Å². The van der Waals surface area contributed by atoms with E-state index in [0.717, 1.165) is 12.1 Å². The Morgan fingerprint density at radius 3 is 2.29 bits per heavy atom. The SMILES string of the molecule is CCc1ccc(N(CC)C(=O)Cn2nc(-c3cncnc3)c3ccccc3c2=O)cc1. The van der Waals surface area contributed by atoms with Crippen molar-refractivity contribution < 1.29 is 4.79 Å². The molecule has 0 saturated carbocycles. The predicted molar refractivity (Wildman–Crippen MR) is 121 cm³/mol. The van der Waals surface area contributed by atoms with Gasteiger partial charge in [-0.3, -0.25) is 9.59 Å². The van der Waals surface area contributed by atoms with Gasteiger partial charge in [0.2, 0.25) is 5.91 Å². The van der Waals surface area contributed by atoms with E-state index in [1.807, 2.05) is 43.3 Å². The number of nitrogens with zero attached hydrogens (tertiary/aromatic N) is 5. The van der Waals surface area contributed by atoms with Crippen molar-refractivity contribution in [1.29, 1.82) is 0 Å². The van der Waals surface area contributed by atoms with Crippen molar-refractivity contribution in [2.24, 2.45) is 0 Å². The summed E-state index contributed by atoms with van der Waals surface area (Å²) in [7, 11) is 0. The van der Waals surface area contributed by atoms with Gasteiger partial charge >= 0.3 is 0 Å². The third kappa shape index (κ3) is 4.07. The smallest absolute Gasteiger partial charge is 0.275 e. The Bertz CT molecular complexity index is 1270. The van der Waals surface area contributed by atoms with E-state index in [9.17, 15) is 9.59 Å². The van der Waals surface area contributed by atoms with Gasteiger partial charge in [0.15, 0.2) is 0 Å². The Kier molecular flexibility index (Phi) is 5.84. The molecule has 2 aromatic heterocycles. The zero-order valence-electron chi connectivity index (χ0n) is 17.5. The van der Waals surface area contributed by atoms with Gasteiger partial charge in [0.05, 0.1) is 5.39 Å². The number of hydrogen-bond donors (Lipinski definition) is 0. The van der Waals surface area contributed by atoms with Crippen LogP contribution in [0, 0.1) is 0 Å². The molecule has 0 aliphatic carbocycles. The average molecular weight is 413 g/mol. The summed E-state index contributed by atoms with van der Waals surface area (Å²) in [6.45, 7) is 4.33. The van der Waals surface area contributed by atoms with Crippen LogP contribution < -0.4 is 10.5 Å². The fourth-order valence-corrected chi connectivity index (χ4v) is 3.60. The maximum atomic E-state index is 13.1. The van der Waals surface area contributed by atoms with E-state index >= 15 is 0 Å². The minimum Gasteiger partial charge on any atom is -0.311 e. The topological polar surface area (TPSA) is 81.0 Å². The van der Waals surface area contributed by atoms with Gasteiger partial charge < -0.3 is 4.90 Å². The van der Waals surface area contributed by atoms with Crippen LogP contribution >= 0.6 is 0 Å². The number of carbonyl (C=O) groups is 1. The van der Waals surface area contributed by atoms with Crippen LogP contribution in [0.1, 0.15) is 19.4 Å². The van der Waals surface area contributed by atoms with Gasteiger partial charge in [-0.1, -0.05) is 37.3 Å². The molecule has 2 aromatic carbocycles. The highest BCUT2D eigenvalue weighted by molar-refractivity contribution is 5.95. The molecule has 7 heteroatoms. The van der Waals surface area contributed by atoms with Gasteiger partial charge in [-0.25, -0.2) is 14.6 Å². The number of fused-ring (bicyclic) bond motifs is 1. The Balaban J connectivity index is 1.74. The quantitative estimate of drug-likeness (QED) is 0.483. The molecule has 0 atom stereocenters. The van der Waals surface area contributed by atoms with Crippen molar-refractivity contribution in [2.75, 3.05) is 11.4 Å². The summed E-state index contributed by atoms with van der Waals surface area (Å²) in [4.78, 5) is 36.0. The predicted octanol–water partition coefficient (Wildman–Crippen LogP) is 3.47. The van der Waals surface area contributed by atoms with Gasteiger partial charge in [0.1, 0.15) is 18.6 Å². The third-order valence-corrected chi connectivity index (χ3v) is 5.26. The molecule has 4 aromatic rings. The number of aryl methyl sites for hydroxylation is 1.